The highest BCUT2D eigenvalue weighted by molar-refractivity contribution is 5.77. The number of alkyl halides is 3. The Labute approximate surface area is 123 Å². The summed E-state index contributed by atoms with van der Waals surface area (Å²) in [7, 11) is 0. The molecule has 9 heteroatoms. The lowest BCUT2D eigenvalue weighted by Gasteiger charge is -2.18. The van der Waals surface area contributed by atoms with Crippen LogP contribution in [0.1, 0.15) is 5.76 Å². The summed E-state index contributed by atoms with van der Waals surface area (Å²) in [6, 6.07) is 2.69. The van der Waals surface area contributed by atoms with Gasteiger partial charge in [0, 0.05) is 26.1 Å². The highest BCUT2D eigenvalue weighted by Crippen LogP contribution is 2.37. The van der Waals surface area contributed by atoms with E-state index in [0.29, 0.717) is 12.2 Å². The van der Waals surface area contributed by atoms with Crippen LogP contribution in [0.25, 0.3) is 0 Å². The third-order valence-corrected chi connectivity index (χ3v) is 3.57. The van der Waals surface area contributed by atoms with E-state index in [1.54, 1.807) is 12.1 Å². The van der Waals surface area contributed by atoms with Crippen LogP contribution in [0.15, 0.2) is 22.8 Å². The number of nitrogens with one attached hydrogen (secondary N) is 1. The fourth-order valence-corrected chi connectivity index (χ4v) is 2.41. The van der Waals surface area contributed by atoms with Gasteiger partial charge in [0.15, 0.2) is 0 Å². The molecule has 2 heterocycles. The summed E-state index contributed by atoms with van der Waals surface area (Å²) >= 11 is 0. The second-order valence-corrected chi connectivity index (χ2v) is 5.06. The molecule has 0 radical (unpaired) electrons. The van der Waals surface area contributed by atoms with E-state index in [2.05, 4.69) is 5.32 Å². The molecule has 2 amide bonds. The molecule has 2 atom stereocenters. The van der Waals surface area contributed by atoms with Crippen molar-refractivity contribution in [2.24, 2.45) is 11.8 Å². The van der Waals surface area contributed by atoms with E-state index in [-0.39, 0.29) is 6.54 Å². The van der Waals surface area contributed by atoms with Crippen LogP contribution in [0, 0.1) is 11.8 Å². The highest BCUT2D eigenvalue weighted by Gasteiger charge is 2.53. The van der Waals surface area contributed by atoms with Gasteiger partial charge in [0.25, 0.3) is 0 Å². The van der Waals surface area contributed by atoms with Gasteiger partial charge in [0.05, 0.1) is 18.1 Å². The van der Waals surface area contributed by atoms with Gasteiger partial charge in [-0.3, -0.25) is 4.79 Å². The van der Waals surface area contributed by atoms with Crippen molar-refractivity contribution in [2.45, 2.75) is 12.6 Å². The number of carbonyl (C=O) groups excluding carboxylic acids is 1. The quantitative estimate of drug-likeness (QED) is 0.885. The van der Waals surface area contributed by atoms with Crippen LogP contribution in [0.4, 0.5) is 18.0 Å². The number of nitrogens with zero attached hydrogens (tertiary/aromatic N) is 1. The normalized spacial score (nSPS) is 21.9. The molecule has 1 aromatic rings. The molecule has 1 saturated heterocycles. The van der Waals surface area contributed by atoms with Gasteiger partial charge in [0.2, 0.25) is 0 Å². The predicted molar refractivity (Wildman–Crippen MR) is 68.1 cm³/mol. The number of rotatable bonds is 4. The van der Waals surface area contributed by atoms with E-state index in [0.717, 1.165) is 4.90 Å². The molecule has 0 aromatic carbocycles. The number of carboxylic acid groups (broad SMARTS) is 1. The maximum atomic E-state index is 12.8. The van der Waals surface area contributed by atoms with Gasteiger partial charge < -0.3 is 19.7 Å². The first-order valence-electron chi connectivity index (χ1n) is 6.63. The van der Waals surface area contributed by atoms with Crippen molar-refractivity contribution in [3.63, 3.8) is 0 Å². The van der Waals surface area contributed by atoms with Gasteiger partial charge in [-0.15, -0.1) is 0 Å². The highest BCUT2D eigenvalue weighted by atomic mass is 19.4. The Morgan fingerprint density at radius 1 is 1.41 bits per heavy atom. The molecule has 122 valence electrons. The zero-order chi connectivity index (χ0) is 16.3. The molecule has 1 aliphatic heterocycles. The van der Waals surface area contributed by atoms with Crippen molar-refractivity contribution in [2.75, 3.05) is 19.6 Å². The van der Waals surface area contributed by atoms with Gasteiger partial charge in [0.1, 0.15) is 5.76 Å². The van der Waals surface area contributed by atoms with Crippen molar-refractivity contribution in [3.05, 3.63) is 24.2 Å². The smallest absolute Gasteiger partial charge is 0.394 e. The maximum Gasteiger partial charge on any atom is 0.394 e. The Hall–Kier alpha value is -2.19. The molecule has 0 spiro atoms. The number of amides is 2. The molecule has 0 bridgehead atoms. The molecule has 6 nitrogen and oxygen atoms in total. The summed E-state index contributed by atoms with van der Waals surface area (Å²) in [5.74, 6) is -4.58. The first-order chi connectivity index (χ1) is 10.3. The molecule has 0 saturated carbocycles. The average Bonchev–Trinajstić information content (AvgIpc) is 3.06. The molecule has 1 aliphatic rings. The van der Waals surface area contributed by atoms with E-state index in [1.807, 2.05) is 0 Å². The maximum absolute atomic E-state index is 12.8. The van der Waals surface area contributed by atoms with Crippen LogP contribution in [0.5, 0.6) is 0 Å². The van der Waals surface area contributed by atoms with Gasteiger partial charge >= 0.3 is 18.2 Å². The number of aliphatic carboxylic acids is 1. The molecule has 22 heavy (non-hydrogen) atoms. The third kappa shape index (κ3) is 3.71. The fraction of sp³-hybridized carbons (Fsp3) is 0.538. The standard InChI is InChI=1S/C13H15F3N2O4/c14-13(15,16)10-7-18(6-9(10)11(19)20)12(21)17-4-3-8-2-1-5-22-8/h1-2,5,9-10H,3-4,6-7H2,(H,17,21)(H,19,20)/t9-,10-/m1/s1. The summed E-state index contributed by atoms with van der Waals surface area (Å²) in [5, 5.41) is 11.3. The van der Waals surface area contributed by atoms with Crippen LogP contribution >= 0.6 is 0 Å². The first-order valence-corrected chi connectivity index (χ1v) is 6.63. The van der Waals surface area contributed by atoms with Gasteiger partial charge in [-0.2, -0.15) is 13.2 Å². The lowest BCUT2D eigenvalue weighted by atomic mass is 9.96. The minimum Gasteiger partial charge on any atom is -0.481 e. The number of hydrogen-bond acceptors (Lipinski definition) is 3. The van der Waals surface area contributed by atoms with Crippen LogP contribution in [0.2, 0.25) is 0 Å². The topological polar surface area (TPSA) is 82.8 Å². The zero-order valence-corrected chi connectivity index (χ0v) is 11.5. The Kier molecular flexibility index (Phi) is 4.62. The monoisotopic (exact) mass is 320 g/mol. The summed E-state index contributed by atoms with van der Waals surface area (Å²) in [6.07, 6.45) is -2.77. The first kappa shape index (κ1) is 16.2. The number of furan rings is 1. The van der Waals surface area contributed by atoms with E-state index >= 15 is 0 Å². The number of urea groups is 1. The third-order valence-electron chi connectivity index (χ3n) is 3.57. The predicted octanol–water partition coefficient (Wildman–Crippen LogP) is 1.73. The van der Waals surface area contributed by atoms with Crippen LogP contribution in [0.3, 0.4) is 0 Å². The molecule has 2 N–H and O–H groups in total. The van der Waals surface area contributed by atoms with Gasteiger partial charge in [-0.1, -0.05) is 0 Å². The Bertz CT molecular complexity index is 530. The second-order valence-electron chi connectivity index (χ2n) is 5.06. The minimum atomic E-state index is -4.65. The van der Waals surface area contributed by atoms with E-state index in [1.165, 1.54) is 6.26 Å². The van der Waals surface area contributed by atoms with Crippen LogP contribution in [-0.4, -0.2) is 47.8 Å². The van der Waals surface area contributed by atoms with Gasteiger partial charge in [-0.25, -0.2) is 4.79 Å². The Balaban J connectivity index is 1.89. The van der Waals surface area contributed by atoms with E-state index in [9.17, 15) is 22.8 Å². The molecular formula is C13H15F3N2O4. The fourth-order valence-electron chi connectivity index (χ4n) is 2.41. The SMILES string of the molecule is O=C(O)[C@@H]1CN(C(=O)NCCc2ccco2)C[C@H]1C(F)(F)F. The van der Waals surface area contributed by atoms with Crippen molar-refractivity contribution < 1.29 is 32.3 Å². The number of hydrogen-bond donors (Lipinski definition) is 2. The lowest BCUT2D eigenvalue weighted by Crippen LogP contribution is -2.40. The summed E-state index contributed by atoms with van der Waals surface area (Å²) < 4.78 is 43.5. The molecule has 2 rings (SSSR count). The summed E-state index contributed by atoms with van der Waals surface area (Å²) in [6.45, 7) is -0.906. The largest absolute Gasteiger partial charge is 0.481 e. The van der Waals surface area contributed by atoms with Crippen molar-refractivity contribution in [1.29, 1.82) is 0 Å². The van der Waals surface area contributed by atoms with E-state index < -0.39 is 43.1 Å². The molecule has 1 aromatic heterocycles. The Morgan fingerprint density at radius 2 is 2.14 bits per heavy atom. The van der Waals surface area contributed by atoms with Crippen molar-refractivity contribution in [1.82, 2.24) is 10.2 Å². The zero-order valence-electron chi connectivity index (χ0n) is 11.5. The second kappa shape index (κ2) is 6.29. The molecule has 0 unspecified atom stereocenters. The van der Waals surface area contributed by atoms with Crippen molar-refractivity contribution in [3.8, 4) is 0 Å². The number of carbonyl (C=O) groups is 2. The molecule has 1 fully saturated rings. The van der Waals surface area contributed by atoms with Crippen LogP contribution < -0.4 is 5.32 Å². The molecular weight excluding hydrogens is 305 g/mol. The average molecular weight is 320 g/mol. The summed E-state index contributed by atoms with van der Waals surface area (Å²) in [5.41, 5.74) is 0. The van der Waals surface area contributed by atoms with E-state index in [4.69, 9.17) is 9.52 Å². The van der Waals surface area contributed by atoms with Crippen molar-refractivity contribution >= 4 is 12.0 Å². The number of carboxylic acids is 1. The van der Waals surface area contributed by atoms with Crippen LogP contribution in [-0.2, 0) is 11.2 Å². The van der Waals surface area contributed by atoms with Gasteiger partial charge in [-0.05, 0) is 12.1 Å². The molecule has 0 aliphatic carbocycles. The lowest BCUT2D eigenvalue weighted by molar-refractivity contribution is -0.187. The summed E-state index contributed by atoms with van der Waals surface area (Å²) in [4.78, 5) is 23.7. The minimum absolute atomic E-state index is 0.192. The number of likely N-dealkylation sites (tertiary alicyclic amines) is 1. The Morgan fingerprint density at radius 3 is 2.64 bits per heavy atom. The number of halogens is 3.